The molecule has 2 N–H and O–H groups in total. The summed E-state index contributed by atoms with van der Waals surface area (Å²) in [5.41, 5.74) is 4.30. The summed E-state index contributed by atoms with van der Waals surface area (Å²) >= 11 is 3.66. The molecule has 0 amide bonds. The van der Waals surface area contributed by atoms with E-state index in [4.69, 9.17) is 16.3 Å². The summed E-state index contributed by atoms with van der Waals surface area (Å²) in [4.78, 5) is 4.27. The topological polar surface area (TPSA) is 103 Å². The SMILES string of the molecule is O=S([O-])NC1COCc2c(-c3ccc4c(Cl)[nH]nc4c3)cncc21. The number of hydrogen-bond donors (Lipinski definition) is 2. The average Bonchev–Trinajstić information content (AvgIpc) is 2.95. The lowest BCUT2D eigenvalue weighted by Gasteiger charge is -2.28. The normalized spacial score (nSPS) is 18.5. The number of H-pyrrole nitrogens is 1. The smallest absolute Gasteiger partial charge is 0.132 e. The van der Waals surface area contributed by atoms with Crippen LogP contribution < -0.4 is 4.72 Å². The van der Waals surface area contributed by atoms with Crippen molar-refractivity contribution in [2.45, 2.75) is 12.6 Å². The molecule has 1 aliphatic heterocycles. The first-order valence-electron chi connectivity index (χ1n) is 7.17. The van der Waals surface area contributed by atoms with Gasteiger partial charge >= 0.3 is 0 Å². The zero-order valence-electron chi connectivity index (χ0n) is 12.3. The van der Waals surface area contributed by atoms with E-state index in [1.54, 1.807) is 12.4 Å². The van der Waals surface area contributed by atoms with Gasteiger partial charge in [-0.1, -0.05) is 17.7 Å². The molecule has 1 aromatic carbocycles. The lowest BCUT2D eigenvalue weighted by atomic mass is 9.94. The van der Waals surface area contributed by atoms with Crippen LogP contribution in [0.3, 0.4) is 0 Å². The van der Waals surface area contributed by atoms with Crippen LogP contribution in [0.25, 0.3) is 22.0 Å². The summed E-state index contributed by atoms with van der Waals surface area (Å²) in [5.74, 6) is 0. The van der Waals surface area contributed by atoms with Crippen molar-refractivity contribution in [3.63, 3.8) is 0 Å². The minimum atomic E-state index is -2.37. The summed E-state index contributed by atoms with van der Waals surface area (Å²) in [6, 6.07) is 5.30. The zero-order chi connectivity index (χ0) is 16.7. The van der Waals surface area contributed by atoms with Crippen molar-refractivity contribution in [2.75, 3.05) is 6.61 Å². The van der Waals surface area contributed by atoms with E-state index in [9.17, 15) is 8.76 Å². The predicted octanol–water partition coefficient (Wildman–Crippen LogP) is 2.23. The number of pyridine rings is 1. The highest BCUT2D eigenvalue weighted by Crippen LogP contribution is 2.34. The second kappa shape index (κ2) is 6.23. The summed E-state index contributed by atoms with van der Waals surface area (Å²) < 4.78 is 30.0. The number of hydrogen-bond acceptors (Lipinski definition) is 5. The maximum Gasteiger partial charge on any atom is 0.132 e. The maximum absolute atomic E-state index is 11.0. The van der Waals surface area contributed by atoms with Crippen molar-refractivity contribution in [1.82, 2.24) is 19.9 Å². The van der Waals surface area contributed by atoms with Gasteiger partial charge in [0.25, 0.3) is 0 Å². The Morgan fingerprint density at radius 2 is 2.29 bits per heavy atom. The molecule has 2 unspecified atom stereocenters. The molecule has 124 valence electrons. The average molecular weight is 364 g/mol. The first-order chi connectivity index (χ1) is 11.6. The number of nitrogens with one attached hydrogen (secondary N) is 2. The van der Waals surface area contributed by atoms with E-state index >= 15 is 0 Å². The molecule has 4 rings (SSSR count). The molecule has 24 heavy (non-hydrogen) atoms. The molecule has 0 bridgehead atoms. The lowest BCUT2D eigenvalue weighted by Crippen LogP contribution is -2.31. The second-order valence-corrected chi connectivity index (χ2v) is 6.53. The molecule has 0 spiro atoms. The number of aromatic nitrogens is 3. The number of aromatic amines is 1. The van der Waals surface area contributed by atoms with Crippen LogP contribution in [0.4, 0.5) is 0 Å². The Morgan fingerprint density at radius 3 is 3.12 bits per heavy atom. The molecule has 2 atom stereocenters. The van der Waals surface area contributed by atoms with E-state index in [2.05, 4.69) is 19.9 Å². The van der Waals surface area contributed by atoms with Crippen molar-refractivity contribution >= 4 is 33.8 Å². The summed E-state index contributed by atoms with van der Waals surface area (Å²) in [7, 11) is 0. The third kappa shape index (κ3) is 2.72. The van der Waals surface area contributed by atoms with Crippen molar-refractivity contribution in [1.29, 1.82) is 0 Å². The van der Waals surface area contributed by atoms with Gasteiger partial charge in [0.2, 0.25) is 0 Å². The Hall–Kier alpha value is -1.84. The van der Waals surface area contributed by atoms with Crippen LogP contribution >= 0.6 is 11.6 Å². The van der Waals surface area contributed by atoms with E-state index in [1.807, 2.05) is 18.2 Å². The zero-order valence-corrected chi connectivity index (χ0v) is 13.9. The number of halogens is 1. The molecule has 0 fully saturated rings. The van der Waals surface area contributed by atoms with E-state index in [1.165, 1.54) is 0 Å². The van der Waals surface area contributed by atoms with Crippen molar-refractivity contribution < 1.29 is 13.5 Å². The third-order valence-electron chi connectivity index (χ3n) is 4.06. The van der Waals surface area contributed by atoms with Crippen molar-refractivity contribution in [3.05, 3.63) is 46.9 Å². The highest BCUT2D eigenvalue weighted by atomic mass is 35.5. The van der Waals surface area contributed by atoms with Crippen LogP contribution in [0.2, 0.25) is 5.15 Å². The fourth-order valence-electron chi connectivity index (χ4n) is 2.94. The van der Waals surface area contributed by atoms with Gasteiger partial charge in [0, 0.05) is 34.6 Å². The first-order valence-corrected chi connectivity index (χ1v) is 8.62. The van der Waals surface area contributed by atoms with E-state index in [-0.39, 0.29) is 6.61 Å². The largest absolute Gasteiger partial charge is 0.760 e. The van der Waals surface area contributed by atoms with Crippen LogP contribution in [0, 0.1) is 0 Å². The lowest BCUT2D eigenvalue weighted by molar-refractivity contribution is 0.0882. The Balaban J connectivity index is 1.82. The molecule has 7 nitrogen and oxygen atoms in total. The number of rotatable bonds is 3. The minimum absolute atomic E-state index is 0.278. The Kier molecular flexibility index (Phi) is 4.07. The van der Waals surface area contributed by atoms with Crippen molar-refractivity contribution in [3.8, 4) is 11.1 Å². The van der Waals surface area contributed by atoms with Gasteiger partial charge in [-0.3, -0.25) is 14.3 Å². The van der Waals surface area contributed by atoms with Crippen LogP contribution in [0.5, 0.6) is 0 Å². The Labute approximate surface area is 144 Å². The molecule has 9 heteroatoms. The van der Waals surface area contributed by atoms with Crippen molar-refractivity contribution in [2.24, 2.45) is 0 Å². The van der Waals surface area contributed by atoms with Gasteiger partial charge in [0.1, 0.15) is 5.15 Å². The summed E-state index contributed by atoms with van der Waals surface area (Å²) in [5, 5.41) is 8.25. The van der Waals surface area contributed by atoms with Gasteiger partial charge in [-0.15, -0.1) is 0 Å². The Morgan fingerprint density at radius 1 is 1.42 bits per heavy atom. The number of ether oxygens (including phenoxy) is 1. The highest BCUT2D eigenvalue weighted by molar-refractivity contribution is 7.77. The maximum atomic E-state index is 11.0. The molecule has 0 aliphatic carbocycles. The van der Waals surface area contributed by atoms with Crippen LogP contribution in [0.15, 0.2) is 30.6 Å². The predicted molar refractivity (Wildman–Crippen MR) is 88.8 cm³/mol. The molecule has 3 aromatic rings. The van der Waals surface area contributed by atoms with Gasteiger partial charge in [-0.25, -0.2) is 4.72 Å². The van der Waals surface area contributed by atoms with E-state index in [0.29, 0.717) is 11.8 Å². The number of benzene rings is 1. The van der Waals surface area contributed by atoms with E-state index < -0.39 is 17.3 Å². The quantitative estimate of drug-likeness (QED) is 0.694. The molecule has 0 saturated heterocycles. The van der Waals surface area contributed by atoms with Crippen LogP contribution in [-0.4, -0.2) is 30.5 Å². The molecule has 0 saturated carbocycles. The Bertz CT molecular complexity index is 946. The summed E-state index contributed by atoms with van der Waals surface area (Å²) in [6.07, 6.45) is 3.42. The molecular formula is C15H12ClN4O3S-. The van der Waals surface area contributed by atoms with Crippen LogP contribution in [-0.2, 0) is 22.6 Å². The monoisotopic (exact) mass is 363 g/mol. The van der Waals surface area contributed by atoms with Gasteiger partial charge in [0.05, 0.1) is 24.8 Å². The molecule has 2 aromatic heterocycles. The third-order valence-corrected chi connectivity index (χ3v) is 4.82. The van der Waals surface area contributed by atoms with E-state index in [0.717, 1.165) is 33.2 Å². The first kappa shape index (κ1) is 15.7. The van der Waals surface area contributed by atoms with Gasteiger partial charge in [-0.2, -0.15) is 5.10 Å². The second-order valence-electron chi connectivity index (χ2n) is 5.44. The highest BCUT2D eigenvalue weighted by Gasteiger charge is 2.24. The minimum Gasteiger partial charge on any atom is -0.760 e. The molecule has 3 heterocycles. The van der Waals surface area contributed by atoms with Crippen LogP contribution in [0.1, 0.15) is 17.2 Å². The standard InChI is InChI=1S/C15H13ClN4O3S/c16-15-9-2-1-8(3-13(9)18-19-15)10-4-17-5-11-12(10)6-23-7-14(11)20-24(21)22/h1-5,14,20H,6-7H2,(H,18,19)(H,21,22)/p-1. The number of fused-ring (bicyclic) bond motifs is 2. The van der Waals surface area contributed by atoms with Gasteiger partial charge in [0.15, 0.2) is 0 Å². The fourth-order valence-corrected chi connectivity index (χ4v) is 3.57. The molecule has 1 aliphatic rings. The van der Waals surface area contributed by atoms with Gasteiger partial charge < -0.3 is 9.29 Å². The summed E-state index contributed by atoms with van der Waals surface area (Å²) in [6.45, 7) is 0.677. The molecular weight excluding hydrogens is 352 g/mol. The molecule has 0 radical (unpaired) electrons. The number of nitrogens with zero attached hydrogens (tertiary/aromatic N) is 2. The fraction of sp³-hybridized carbons (Fsp3) is 0.200. The van der Waals surface area contributed by atoms with Gasteiger partial charge in [-0.05, 0) is 28.8 Å².